The number of anilines is 3. The first kappa shape index (κ1) is 21.4. The second-order valence-corrected chi connectivity index (χ2v) is 6.84. The van der Waals surface area contributed by atoms with E-state index in [1.54, 1.807) is 24.3 Å². The Balaban J connectivity index is 1.58. The van der Waals surface area contributed by atoms with E-state index in [0.29, 0.717) is 30.9 Å². The second kappa shape index (κ2) is 11.0. The van der Waals surface area contributed by atoms with Crippen LogP contribution in [0.4, 0.5) is 26.6 Å². The molecular weight excluding hydrogens is 386 g/mol. The molecule has 0 atom stereocenters. The lowest BCUT2D eigenvalue weighted by Gasteiger charge is -2.11. The Morgan fingerprint density at radius 3 is 1.33 bits per heavy atom. The van der Waals surface area contributed by atoms with Crippen LogP contribution in [0.1, 0.15) is 24.5 Å². The number of hydrogen-bond acceptors (Lipinski definition) is 6. The lowest BCUT2D eigenvalue weighted by molar-refractivity contribution is 0.626. The van der Waals surface area contributed by atoms with Crippen molar-refractivity contribution in [3.05, 3.63) is 71.3 Å². The van der Waals surface area contributed by atoms with Crippen molar-refractivity contribution in [3.63, 3.8) is 0 Å². The molecule has 0 unspecified atom stereocenters. The first-order valence-corrected chi connectivity index (χ1v) is 10.1. The van der Waals surface area contributed by atoms with Crippen molar-refractivity contribution >= 4 is 17.8 Å². The number of benzene rings is 2. The number of hydrogen-bond donors (Lipinski definition) is 3. The van der Waals surface area contributed by atoms with E-state index < -0.39 is 0 Å². The van der Waals surface area contributed by atoms with Crippen LogP contribution in [0, 0.1) is 11.6 Å². The molecule has 0 bridgehead atoms. The Morgan fingerprint density at radius 1 is 0.600 bits per heavy atom. The van der Waals surface area contributed by atoms with Crippen molar-refractivity contribution in [2.45, 2.75) is 26.2 Å². The highest BCUT2D eigenvalue weighted by Crippen LogP contribution is 2.11. The smallest absolute Gasteiger partial charge is 0.229 e. The lowest BCUT2D eigenvalue weighted by atomic mass is 10.1. The van der Waals surface area contributed by atoms with Gasteiger partial charge in [0.1, 0.15) is 11.6 Å². The summed E-state index contributed by atoms with van der Waals surface area (Å²) in [6.07, 6.45) is 2.39. The molecule has 6 nitrogen and oxygen atoms in total. The Morgan fingerprint density at radius 2 is 0.967 bits per heavy atom. The first-order valence-electron chi connectivity index (χ1n) is 10.1. The second-order valence-electron chi connectivity index (χ2n) is 6.84. The van der Waals surface area contributed by atoms with Gasteiger partial charge < -0.3 is 16.0 Å². The third-order valence-corrected chi connectivity index (χ3v) is 4.39. The number of nitrogens with zero attached hydrogens (tertiary/aromatic N) is 3. The van der Waals surface area contributed by atoms with E-state index >= 15 is 0 Å². The van der Waals surface area contributed by atoms with E-state index in [0.717, 1.165) is 36.9 Å². The molecule has 1 aromatic heterocycles. The summed E-state index contributed by atoms with van der Waals surface area (Å²) in [7, 11) is 0. The number of rotatable bonds is 11. The summed E-state index contributed by atoms with van der Waals surface area (Å²) < 4.78 is 26.0. The molecule has 0 aliphatic heterocycles. The van der Waals surface area contributed by atoms with Crippen LogP contribution in [-0.2, 0) is 12.8 Å². The molecule has 158 valence electrons. The molecule has 2 aromatic carbocycles. The number of halogens is 2. The van der Waals surface area contributed by atoms with Gasteiger partial charge in [-0.3, -0.25) is 0 Å². The summed E-state index contributed by atoms with van der Waals surface area (Å²) in [5.41, 5.74) is 2.06. The molecule has 3 rings (SSSR count). The topological polar surface area (TPSA) is 74.8 Å². The zero-order valence-electron chi connectivity index (χ0n) is 17.0. The summed E-state index contributed by atoms with van der Waals surface area (Å²) in [5.74, 6) is 0.949. The maximum absolute atomic E-state index is 13.0. The van der Waals surface area contributed by atoms with Gasteiger partial charge in [0.15, 0.2) is 0 Å². The molecule has 0 amide bonds. The van der Waals surface area contributed by atoms with Gasteiger partial charge in [0.25, 0.3) is 0 Å². The molecule has 3 aromatic rings. The molecule has 0 saturated heterocycles. The van der Waals surface area contributed by atoms with Crippen LogP contribution in [0.5, 0.6) is 0 Å². The Hall–Kier alpha value is -3.29. The van der Waals surface area contributed by atoms with E-state index in [2.05, 4.69) is 37.8 Å². The van der Waals surface area contributed by atoms with Crippen molar-refractivity contribution in [1.29, 1.82) is 0 Å². The summed E-state index contributed by atoms with van der Waals surface area (Å²) in [5, 5.41) is 9.58. The largest absolute Gasteiger partial charge is 0.354 e. The molecule has 0 saturated carbocycles. The van der Waals surface area contributed by atoms with Gasteiger partial charge in [-0.05, 0) is 54.7 Å². The van der Waals surface area contributed by atoms with E-state index in [9.17, 15) is 8.78 Å². The monoisotopic (exact) mass is 412 g/mol. The third-order valence-electron chi connectivity index (χ3n) is 4.39. The molecule has 30 heavy (non-hydrogen) atoms. The van der Waals surface area contributed by atoms with Crippen LogP contribution in [-0.4, -0.2) is 34.6 Å². The quantitative estimate of drug-likeness (QED) is 0.437. The average Bonchev–Trinajstić information content (AvgIpc) is 2.75. The fraction of sp³-hybridized carbons (Fsp3) is 0.318. The summed E-state index contributed by atoms with van der Waals surface area (Å²) in [6.45, 7) is 4.04. The first-order chi connectivity index (χ1) is 14.6. The van der Waals surface area contributed by atoms with Gasteiger partial charge in [0.05, 0.1) is 0 Å². The number of aromatic nitrogens is 3. The number of nitrogens with one attached hydrogen (secondary N) is 3. The van der Waals surface area contributed by atoms with Gasteiger partial charge in [-0.2, -0.15) is 15.0 Å². The maximum Gasteiger partial charge on any atom is 0.229 e. The standard InChI is InChI=1S/C22H26F2N6/c1-2-13-25-20-28-21(26-14-11-16-3-7-18(23)8-4-16)30-22(29-20)27-15-12-17-5-9-19(24)10-6-17/h3-10H,2,11-15H2,1H3,(H3,25,26,27,28,29,30). The van der Waals surface area contributed by atoms with Gasteiger partial charge in [0, 0.05) is 19.6 Å². The average molecular weight is 412 g/mol. The molecule has 0 fully saturated rings. The van der Waals surface area contributed by atoms with Crippen LogP contribution in [0.25, 0.3) is 0 Å². The predicted molar refractivity (Wildman–Crippen MR) is 116 cm³/mol. The van der Waals surface area contributed by atoms with Crippen molar-refractivity contribution in [3.8, 4) is 0 Å². The molecular formula is C22H26F2N6. The Kier molecular flexibility index (Phi) is 7.88. The van der Waals surface area contributed by atoms with Crippen molar-refractivity contribution in [1.82, 2.24) is 15.0 Å². The molecule has 8 heteroatoms. The fourth-order valence-electron chi connectivity index (χ4n) is 2.79. The SMILES string of the molecule is CCCNc1nc(NCCc2ccc(F)cc2)nc(NCCc2ccc(F)cc2)n1. The Labute approximate surface area is 175 Å². The van der Waals surface area contributed by atoms with E-state index in [1.807, 2.05) is 0 Å². The van der Waals surface area contributed by atoms with Gasteiger partial charge >= 0.3 is 0 Å². The molecule has 0 aliphatic rings. The van der Waals surface area contributed by atoms with Crippen LogP contribution in [0.3, 0.4) is 0 Å². The Bertz CT molecular complexity index is 846. The zero-order valence-corrected chi connectivity index (χ0v) is 17.0. The highest BCUT2D eigenvalue weighted by Gasteiger charge is 2.06. The van der Waals surface area contributed by atoms with Gasteiger partial charge in [-0.1, -0.05) is 31.2 Å². The van der Waals surface area contributed by atoms with Gasteiger partial charge in [0.2, 0.25) is 17.8 Å². The van der Waals surface area contributed by atoms with Crippen LogP contribution in [0.15, 0.2) is 48.5 Å². The highest BCUT2D eigenvalue weighted by molar-refractivity contribution is 5.42. The van der Waals surface area contributed by atoms with Crippen LogP contribution >= 0.6 is 0 Å². The molecule has 0 spiro atoms. The van der Waals surface area contributed by atoms with Crippen LogP contribution in [0.2, 0.25) is 0 Å². The van der Waals surface area contributed by atoms with Crippen molar-refractivity contribution in [2.24, 2.45) is 0 Å². The summed E-state index contributed by atoms with van der Waals surface area (Å²) in [6, 6.07) is 12.9. The van der Waals surface area contributed by atoms with Crippen molar-refractivity contribution < 1.29 is 8.78 Å². The minimum Gasteiger partial charge on any atom is -0.354 e. The minimum atomic E-state index is -0.243. The van der Waals surface area contributed by atoms with E-state index in [4.69, 9.17) is 0 Å². The molecule has 0 radical (unpaired) electrons. The van der Waals surface area contributed by atoms with Crippen LogP contribution < -0.4 is 16.0 Å². The van der Waals surface area contributed by atoms with Crippen molar-refractivity contribution in [2.75, 3.05) is 35.6 Å². The summed E-state index contributed by atoms with van der Waals surface area (Å²) >= 11 is 0. The molecule has 1 heterocycles. The van der Waals surface area contributed by atoms with E-state index in [-0.39, 0.29) is 11.6 Å². The minimum absolute atomic E-state index is 0.243. The highest BCUT2D eigenvalue weighted by atomic mass is 19.1. The third kappa shape index (κ3) is 6.95. The maximum atomic E-state index is 13.0. The van der Waals surface area contributed by atoms with Gasteiger partial charge in [-0.15, -0.1) is 0 Å². The fourth-order valence-corrected chi connectivity index (χ4v) is 2.79. The summed E-state index contributed by atoms with van der Waals surface area (Å²) in [4.78, 5) is 13.2. The predicted octanol–water partition coefficient (Wildman–Crippen LogP) is 4.28. The van der Waals surface area contributed by atoms with E-state index in [1.165, 1.54) is 24.3 Å². The van der Waals surface area contributed by atoms with Gasteiger partial charge in [-0.25, -0.2) is 8.78 Å². The zero-order chi connectivity index (χ0) is 21.2. The molecule has 0 aliphatic carbocycles. The normalized spacial score (nSPS) is 10.6. The molecule has 3 N–H and O–H groups in total. The lowest BCUT2D eigenvalue weighted by Crippen LogP contribution is -2.15.